The zero-order valence-corrected chi connectivity index (χ0v) is 8.61. The van der Waals surface area contributed by atoms with Gasteiger partial charge in [-0.2, -0.15) is 5.26 Å². The zero-order chi connectivity index (χ0) is 10.9. The molecule has 1 N–H and O–H groups in total. The number of carbonyl (C=O) groups is 1. The van der Waals surface area contributed by atoms with E-state index in [1.807, 2.05) is 13.8 Å². The number of rotatable bonds is 3. The molecule has 4 heteroatoms. The first kappa shape index (κ1) is 10.7. The highest BCUT2D eigenvalue weighted by Gasteiger charge is 2.60. The third-order valence-electron chi connectivity index (χ3n) is 3.12. The second-order valence-electron chi connectivity index (χ2n) is 4.31. The summed E-state index contributed by atoms with van der Waals surface area (Å²) < 4.78 is 0. The van der Waals surface area contributed by atoms with E-state index in [1.54, 1.807) is 0 Å². The lowest BCUT2D eigenvalue weighted by Gasteiger charge is -2.01. The summed E-state index contributed by atoms with van der Waals surface area (Å²) in [5.41, 5.74) is 0.110. The van der Waals surface area contributed by atoms with Gasteiger partial charge in [0.25, 0.3) is 0 Å². The Morgan fingerprint density at radius 1 is 1.64 bits per heavy atom. The van der Waals surface area contributed by atoms with Crippen LogP contribution >= 0.6 is 0 Å². The largest absolute Gasteiger partial charge is 0.411 e. The van der Waals surface area contributed by atoms with Gasteiger partial charge in [0.15, 0.2) is 5.78 Å². The molecule has 1 rings (SSSR count). The Hall–Kier alpha value is -1.37. The normalized spacial score (nSPS) is 29.4. The fourth-order valence-electron chi connectivity index (χ4n) is 2.12. The first-order valence-corrected chi connectivity index (χ1v) is 4.56. The number of hydrogen-bond donors (Lipinski definition) is 1. The van der Waals surface area contributed by atoms with Gasteiger partial charge in [0.05, 0.1) is 6.07 Å². The van der Waals surface area contributed by atoms with Crippen LogP contribution in [-0.2, 0) is 4.79 Å². The standard InChI is InChI=1S/C10H14N2O2/c1-6(13)9(12-14)8-7(4-5-11)10(8,2)3/h7-8,14H,4H2,1-3H3/t7-,8-/m0/s1. The summed E-state index contributed by atoms with van der Waals surface area (Å²) in [6.45, 7) is 5.34. The molecule has 0 spiro atoms. The van der Waals surface area contributed by atoms with Crippen molar-refractivity contribution < 1.29 is 10.0 Å². The lowest BCUT2D eigenvalue weighted by Crippen LogP contribution is -2.15. The van der Waals surface area contributed by atoms with Crippen molar-refractivity contribution in [3.05, 3.63) is 0 Å². The number of oxime groups is 1. The molecule has 0 bridgehead atoms. The van der Waals surface area contributed by atoms with Crippen molar-refractivity contribution >= 4 is 11.5 Å². The van der Waals surface area contributed by atoms with Crippen molar-refractivity contribution in [1.29, 1.82) is 5.26 Å². The van der Waals surface area contributed by atoms with Crippen molar-refractivity contribution in [2.24, 2.45) is 22.4 Å². The van der Waals surface area contributed by atoms with Crippen LogP contribution in [-0.4, -0.2) is 16.7 Å². The SMILES string of the molecule is CC(=O)C(=NO)[C@@H]1[C@H](CC#N)C1(C)C. The molecule has 0 amide bonds. The smallest absolute Gasteiger partial charge is 0.177 e. The van der Waals surface area contributed by atoms with E-state index < -0.39 is 0 Å². The van der Waals surface area contributed by atoms with Gasteiger partial charge in [-0.05, 0) is 11.3 Å². The van der Waals surface area contributed by atoms with Crippen LogP contribution in [0.3, 0.4) is 0 Å². The highest BCUT2D eigenvalue weighted by molar-refractivity contribution is 6.40. The molecule has 2 atom stereocenters. The molecule has 76 valence electrons. The minimum Gasteiger partial charge on any atom is -0.411 e. The number of carbonyl (C=O) groups excluding carboxylic acids is 1. The summed E-state index contributed by atoms with van der Waals surface area (Å²) in [6, 6.07) is 2.09. The van der Waals surface area contributed by atoms with E-state index in [0.29, 0.717) is 6.42 Å². The maximum atomic E-state index is 11.1. The maximum absolute atomic E-state index is 11.1. The first-order valence-electron chi connectivity index (χ1n) is 4.56. The highest BCUT2D eigenvalue weighted by Crippen LogP contribution is 2.60. The molecule has 1 fully saturated rings. The molecule has 4 nitrogen and oxygen atoms in total. The predicted octanol–water partition coefficient (Wildman–Crippen LogP) is 1.59. The van der Waals surface area contributed by atoms with Crippen molar-refractivity contribution in [1.82, 2.24) is 0 Å². The third kappa shape index (κ3) is 1.50. The highest BCUT2D eigenvalue weighted by atomic mass is 16.4. The molecule has 0 aromatic carbocycles. The average Bonchev–Trinajstić information content (AvgIpc) is 2.58. The number of Topliss-reactive ketones (excluding diaryl/α,β-unsaturated/α-hetero) is 1. The first-order chi connectivity index (χ1) is 6.46. The van der Waals surface area contributed by atoms with Gasteiger partial charge in [-0.3, -0.25) is 4.79 Å². The van der Waals surface area contributed by atoms with Crippen LogP contribution in [0.2, 0.25) is 0 Å². The summed E-state index contributed by atoms with van der Waals surface area (Å²) in [6.07, 6.45) is 0.407. The monoisotopic (exact) mass is 194 g/mol. The zero-order valence-electron chi connectivity index (χ0n) is 8.61. The Balaban J connectivity index is 2.83. The van der Waals surface area contributed by atoms with Crippen LogP contribution in [0.5, 0.6) is 0 Å². The third-order valence-corrected chi connectivity index (χ3v) is 3.12. The number of hydrogen-bond acceptors (Lipinski definition) is 4. The minimum atomic E-state index is -0.217. The molecule has 1 aliphatic rings. The molecule has 1 saturated carbocycles. The van der Waals surface area contributed by atoms with Crippen molar-refractivity contribution in [2.45, 2.75) is 27.2 Å². The van der Waals surface area contributed by atoms with E-state index in [-0.39, 0.29) is 28.7 Å². The fraction of sp³-hybridized carbons (Fsp3) is 0.700. The second-order valence-corrected chi connectivity index (χ2v) is 4.31. The van der Waals surface area contributed by atoms with Gasteiger partial charge in [0.2, 0.25) is 0 Å². The molecule has 1 aliphatic carbocycles. The van der Waals surface area contributed by atoms with Crippen LogP contribution in [0.15, 0.2) is 5.16 Å². The minimum absolute atomic E-state index is 0.0651. The van der Waals surface area contributed by atoms with E-state index in [2.05, 4.69) is 11.2 Å². The molecular formula is C10H14N2O2. The lowest BCUT2D eigenvalue weighted by atomic mass is 10.0. The van der Waals surface area contributed by atoms with Gasteiger partial charge in [0.1, 0.15) is 5.71 Å². The molecular weight excluding hydrogens is 180 g/mol. The molecule has 0 heterocycles. The molecule has 0 aromatic rings. The fourth-order valence-corrected chi connectivity index (χ4v) is 2.12. The van der Waals surface area contributed by atoms with Gasteiger partial charge >= 0.3 is 0 Å². The lowest BCUT2D eigenvalue weighted by molar-refractivity contribution is -0.111. The van der Waals surface area contributed by atoms with Crippen LogP contribution in [0, 0.1) is 28.6 Å². The molecule has 0 radical (unpaired) electrons. The Kier molecular flexibility index (Phi) is 2.61. The average molecular weight is 194 g/mol. The van der Waals surface area contributed by atoms with E-state index in [9.17, 15) is 4.79 Å². The van der Waals surface area contributed by atoms with Gasteiger partial charge in [-0.1, -0.05) is 19.0 Å². The van der Waals surface area contributed by atoms with Crippen LogP contribution in [0.1, 0.15) is 27.2 Å². The van der Waals surface area contributed by atoms with Crippen LogP contribution in [0.25, 0.3) is 0 Å². The Bertz CT molecular complexity index is 326. The maximum Gasteiger partial charge on any atom is 0.177 e. The van der Waals surface area contributed by atoms with Crippen molar-refractivity contribution in [3.63, 3.8) is 0 Å². The quantitative estimate of drug-likeness (QED) is 0.421. The van der Waals surface area contributed by atoms with Crippen molar-refractivity contribution in [2.75, 3.05) is 0 Å². The molecule has 0 saturated heterocycles. The summed E-state index contributed by atoms with van der Waals surface area (Å²) in [7, 11) is 0. The van der Waals surface area contributed by atoms with Gasteiger partial charge in [-0.25, -0.2) is 0 Å². The van der Waals surface area contributed by atoms with E-state index in [1.165, 1.54) is 6.92 Å². The van der Waals surface area contributed by atoms with E-state index in [4.69, 9.17) is 10.5 Å². The Labute approximate surface area is 83.2 Å². The van der Waals surface area contributed by atoms with E-state index in [0.717, 1.165) is 0 Å². The van der Waals surface area contributed by atoms with Gasteiger partial charge in [-0.15, -0.1) is 0 Å². The van der Waals surface area contributed by atoms with E-state index >= 15 is 0 Å². The molecule has 14 heavy (non-hydrogen) atoms. The molecule has 0 aliphatic heterocycles. The predicted molar refractivity (Wildman–Crippen MR) is 50.9 cm³/mol. The van der Waals surface area contributed by atoms with Crippen molar-refractivity contribution in [3.8, 4) is 6.07 Å². The summed E-state index contributed by atoms with van der Waals surface area (Å²) in [4.78, 5) is 11.1. The van der Waals surface area contributed by atoms with Crippen LogP contribution in [0.4, 0.5) is 0 Å². The second kappa shape index (κ2) is 3.41. The number of ketones is 1. The Morgan fingerprint density at radius 2 is 2.21 bits per heavy atom. The summed E-state index contributed by atoms with van der Waals surface area (Å²) >= 11 is 0. The van der Waals surface area contributed by atoms with Gasteiger partial charge < -0.3 is 5.21 Å². The number of nitrogens with zero attached hydrogens (tertiary/aromatic N) is 2. The summed E-state index contributed by atoms with van der Waals surface area (Å²) in [5, 5.41) is 20.3. The number of nitriles is 1. The molecule has 0 unspecified atom stereocenters. The Morgan fingerprint density at radius 3 is 2.57 bits per heavy atom. The van der Waals surface area contributed by atoms with Crippen LogP contribution < -0.4 is 0 Å². The van der Waals surface area contributed by atoms with Gasteiger partial charge in [0, 0.05) is 19.3 Å². The summed E-state index contributed by atoms with van der Waals surface area (Å²) in [5.74, 6) is -0.141. The molecule has 0 aromatic heterocycles. The topological polar surface area (TPSA) is 73.4 Å².